The number of aryl methyl sites for hydroxylation is 1. The first-order valence-electron chi connectivity index (χ1n) is 4.71. The first kappa shape index (κ1) is 11.0. The molecule has 0 saturated carbocycles. The van der Waals surface area contributed by atoms with Crippen LogP contribution in [0.2, 0.25) is 0 Å². The van der Waals surface area contributed by atoms with Crippen molar-refractivity contribution < 1.29 is 5.11 Å². The molecule has 0 saturated heterocycles. The predicted molar refractivity (Wildman–Crippen MR) is 57.8 cm³/mol. The van der Waals surface area contributed by atoms with Crippen LogP contribution in [0.5, 0.6) is 0 Å². The van der Waals surface area contributed by atoms with E-state index in [0.29, 0.717) is 5.16 Å². The smallest absolute Gasteiger partial charge is 0.215 e. The van der Waals surface area contributed by atoms with Gasteiger partial charge in [-0.05, 0) is 46.8 Å². The summed E-state index contributed by atoms with van der Waals surface area (Å²) >= 11 is 1.36. The van der Waals surface area contributed by atoms with Crippen LogP contribution in [-0.4, -0.2) is 30.3 Å². The molecule has 6 nitrogen and oxygen atoms in total. The van der Waals surface area contributed by atoms with Crippen LogP contribution >= 0.6 is 11.8 Å². The van der Waals surface area contributed by atoms with Crippen LogP contribution in [0.15, 0.2) is 28.5 Å². The van der Waals surface area contributed by atoms with Crippen molar-refractivity contribution in [3.8, 4) is 0 Å². The number of hydrogen-bond donors (Lipinski definition) is 1. The van der Waals surface area contributed by atoms with Gasteiger partial charge < -0.3 is 5.11 Å². The summed E-state index contributed by atoms with van der Waals surface area (Å²) in [5.74, 6) is 0. The van der Waals surface area contributed by atoms with Gasteiger partial charge in [0.25, 0.3) is 0 Å². The van der Waals surface area contributed by atoms with E-state index in [1.165, 1.54) is 11.8 Å². The lowest BCUT2D eigenvalue weighted by atomic mass is 10.2. The maximum absolute atomic E-state index is 9.45. The number of aromatic nitrogens is 5. The average Bonchev–Trinajstić information content (AvgIpc) is 2.65. The number of aliphatic hydroxyl groups is 1. The van der Waals surface area contributed by atoms with Gasteiger partial charge in [0.15, 0.2) is 0 Å². The van der Waals surface area contributed by atoms with E-state index in [4.69, 9.17) is 0 Å². The molecule has 1 N–H and O–H groups in total. The zero-order valence-corrected chi connectivity index (χ0v) is 9.72. The monoisotopic (exact) mass is 237 g/mol. The fourth-order valence-corrected chi connectivity index (χ4v) is 1.88. The van der Waals surface area contributed by atoms with Crippen LogP contribution < -0.4 is 0 Å². The van der Waals surface area contributed by atoms with E-state index in [0.717, 1.165) is 10.6 Å². The Morgan fingerprint density at radius 2 is 2.31 bits per heavy atom. The van der Waals surface area contributed by atoms with Gasteiger partial charge in [-0.1, -0.05) is 0 Å². The fraction of sp³-hybridized carbons (Fsp3) is 0.333. The van der Waals surface area contributed by atoms with Gasteiger partial charge in [-0.3, -0.25) is 0 Å². The first-order chi connectivity index (χ1) is 7.66. The molecular formula is C9H11N5OS. The number of pyridine rings is 1. The fourth-order valence-electron chi connectivity index (χ4n) is 1.14. The van der Waals surface area contributed by atoms with E-state index < -0.39 is 6.10 Å². The SMILES string of the molecule is C[C@@H](O)c1ccnc(Sc2nnnn2C)c1. The minimum absolute atomic E-state index is 0.500. The maximum atomic E-state index is 9.45. The Morgan fingerprint density at radius 1 is 1.50 bits per heavy atom. The summed E-state index contributed by atoms with van der Waals surface area (Å²) in [4.78, 5) is 4.18. The zero-order chi connectivity index (χ0) is 11.5. The summed E-state index contributed by atoms with van der Waals surface area (Å²) in [7, 11) is 1.76. The Bertz CT molecular complexity index is 484. The molecule has 0 radical (unpaired) electrons. The quantitative estimate of drug-likeness (QED) is 0.851. The van der Waals surface area contributed by atoms with E-state index in [-0.39, 0.29) is 0 Å². The average molecular weight is 237 g/mol. The molecule has 0 bridgehead atoms. The molecule has 0 spiro atoms. The van der Waals surface area contributed by atoms with Crippen molar-refractivity contribution in [2.24, 2.45) is 7.05 Å². The lowest BCUT2D eigenvalue weighted by Gasteiger charge is -2.05. The van der Waals surface area contributed by atoms with Gasteiger partial charge >= 0.3 is 0 Å². The second kappa shape index (κ2) is 4.58. The molecule has 0 aliphatic heterocycles. The topological polar surface area (TPSA) is 76.7 Å². The molecule has 0 unspecified atom stereocenters. The van der Waals surface area contributed by atoms with Crippen LogP contribution in [0.1, 0.15) is 18.6 Å². The van der Waals surface area contributed by atoms with Gasteiger partial charge in [0.2, 0.25) is 5.16 Å². The molecule has 7 heteroatoms. The Hall–Kier alpha value is -1.47. The van der Waals surface area contributed by atoms with Crippen molar-refractivity contribution in [3.63, 3.8) is 0 Å². The maximum Gasteiger partial charge on any atom is 0.215 e. The second-order valence-corrected chi connectivity index (χ2v) is 4.28. The van der Waals surface area contributed by atoms with Gasteiger partial charge in [-0.25, -0.2) is 9.67 Å². The number of rotatable bonds is 3. The van der Waals surface area contributed by atoms with Gasteiger partial charge in [-0.2, -0.15) is 0 Å². The minimum Gasteiger partial charge on any atom is -0.389 e. The molecule has 2 aromatic rings. The summed E-state index contributed by atoms with van der Waals surface area (Å²) in [6.45, 7) is 1.72. The lowest BCUT2D eigenvalue weighted by Crippen LogP contribution is -1.95. The molecule has 0 amide bonds. The van der Waals surface area contributed by atoms with Crippen molar-refractivity contribution in [1.29, 1.82) is 0 Å². The predicted octanol–water partition coefficient (Wildman–Crippen LogP) is 0.810. The largest absolute Gasteiger partial charge is 0.389 e. The molecular weight excluding hydrogens is 226 g/mol. The van der Waals surface area contributed by atoms with Crippen molar-refractivity contribution in [2.75, 3.05) is 0 Å². The van der Waals surface area contributed by atoms with E-state index in [1.54, 1.807) is 30.9 Å². The summed E-state index contributed by atoms with van der Waals surface area (Å²) in [6.07, 6.45) is 1.16. The normalized spacial score (nSPS) is 12.7. The Morgan fingerprint density at radius 3 is 2.94 bits per heavy atom. The first-order valence-corrected chi connectivity index (χ1v) is 5.52. The standard InChI is InChI=1S/C9H11N5OS/c1-6(15)7-3-4-10-8(5-7)16-9-11-12-13-14(9)2/h3-6,15H,1-2H3/t6-/m1/s1. The van der Waals surface area contributed by atoms with E-state index in [1.807, 2.05) is 6.07 Å². The third-order valence-corrected chi connectivity index (χ3v) is 2.98. The second-order valence-electron chi connectivity index (χ2n) is 3.29. The summed E-state index contributed by atoms with van der Waals surface area (Å²) < 4.78 is 1.57. The summed E-state index contributed by atoms with van der Waals surface area (Å²) in [6, 6.07) is 3.60. The van der Waals surface area contributed by atoms with Gasteiger partial charge in [-0.15, -0.1) is 5.10 Å². The van der Waals surface area contributed by atoms with E-state index in [2.05, 4.69) is 20.5 Å². The number of nitrogens with zero attached hydrogens (tertiary/aromatic N) is 5. The highest BCUT2D eigenvalue weighted by Gasteiger charge is 2.08. The molecule has 2 rings (SSSR count). The molecule has 0 aliphatic rings. The van der Waals surface area contributed by atoms with Crippen LogP contribution in [-0.2, 0) is 7.05 Å². The Kier molecular flexibility index (Phi) is 3.16. The van der Waals surface area contributed by atoms with Crippen molar-refractivity contribution >= 4 is 11.8 Å². The number of tetrazole rings is 1. The molecule has 1 atom stereocenters. The highest BCUT2D eigenvalue weighted by molar-refractivity contribution is 7.99. The van der Waals surface area contributed by atoms with Gasteiger partial charge in [0, 0.05) is 13.2 Å². The highest BCUT2D eigenvalue weighted by atomic mass is 32.2. The van der Waals surface area contributed by atoms with Gasteiger partial charge in [0.05, 0.1) is 6.10 Å². The third-order valence-electron chi connectivity index (χ3n) is 2.02. The molecule has 0 aliphatic carbocycles. The Balaban J connectivity index is 2.22. The van der Waals surface area contributed by atoms with Crippen LogP contribution in [0, 0.1) is 0 Å². The number of hydrogen-bond acceptors (Lipinski definition) is 6. The third kappa shape index (κ3) is 2.37. The van der Waals surface area contributed by atoms with E-state index in [9.17, 15) is 5.11 Å². The van der Waals surface area contributed by atoms with Crippen molar-refractivity contribution in [2.45, 2.75) is 23.2 Å². The summed E-state index contributed by atoms with van der Waals surface area (Å²) in [5.41, 5.74) is 0.827. The van der Waals surface area contributed by atoms with Crippen LogP contribution in [0.3, 0.4) is 0 Å². The Labute approximate surface area is 96.7 Å². The molecule has 16 heavy (non-hydrogen) atoms. The van der Waals surface area contributed by atoms with Crippen molar-refractivity contribution in [3.05, 3.63) is 23.9 Å². The molecule has 0 aromatic carbocycles. The molecule has 2 aromatic heterocycles. The molecule has 84 valence electrons. The number of aliphatic hydroxyl groups excluding tert-OH is 1. The zero-order valence-electron chi connectivity index (χ0n) is 8.90. The van der Waals surface area contributed by atoms with Crippen molar-refractivity contribution in [1.82, 2.24) is 25.2 Å². The van der Waals surface area contributed by atoms with Gasteiger partial charge in [0.1, 0.15) is 5.03 Å². The van der Waals surface area contributed by atoms with Crippen LogP contribution in [0.4, 0.5) is 0 Å². The molecule has 2 heterocycles. The van der Waals surface area contributed by atoms with E-state index >= 15 is 0 Å². The molecule has 0 fully saturated rings. The lowest BCUT2D eigenvalue weighted by molar-refractivity contribution is 0.199. The summed E-state index contributed by atoms with van der Waals surface area (Å²) in [5, 5.41) is 22.0. The minimum atomic E-state index is -0.500. The highest BCUT2D eigenvalue weighted by Crippen LogP contribution is 2.24. The van der Waals surface area contributed by atoms with Crippen LogP contribution in [0.25, 0.3) is 0 Å².